The Hall–Kier alpha value is -3.41. The number of ether oxygens (including phenoxy) is 1. The maximum absolute atomic E-state index is 11.8. The van der Waals surface area contributed by atoms with E-state index in [4.69, 9.17) is 4.74 Å². The topological polar surface area (TPSA) is 79.8 Å². The zero-order valence-electron chi connectivity index (χ0n) is 13.9. The Morgan fingerprint density at radius 2 is 1.76 bits per heavy atom. The number of carbonyl (C=O) groups excluding carboxylic acids is 2. The van der Waals surface area contributed by atoms with Crippen LogP contribution in [0.1, 0.15) is 11.1 Å². The van der Waals surface area contributed by atoms with Gasteiger partial charge in [0.1, 0.15) is 12.4 Å². The van der Waals surface area contributed by atoms with Gasteiger partial charge in [0.25, 0.3) is 0 Å². The third-order valence-electron chi connectivity index (χ3n) is 3.14. The molecule has 0 heterocycles. The van der Waals surface area contributed by atoms with Gasteiger partial charge in [-0.05, 0) is 36.8 Å². The average Bonchev–Trinajstić information content (AvgIpc) is 2.62. The SMILES string of the molecule is C=CCOc1ccc(NC(=O)C(=O)N/N=C\c2ccc(C)cc2)cc1. The van der Waals surface area contributed by atoms with E-state index >= 15 is 0 Å². The van der Waals surface area contributed by atoms with Gasteiger partial charge >= 0.3 is 11.8 Å². The van der Waals surface area contributed by atoms with E-state index in [1.807, 2.05) is 31.2 Å². The third kappa shape index (κ3) is 5.95. The van der Waals surface area contributed by atoms with Crippen LogP contribution in [0.15, 0.2) is 66.3 Å². The minimum absolute atomic E-state index is 0.396. The number of nitrogens with zero attached hydrogens (tertiary/aromatic N) is 1. The molecule has 2 aromatic rings. The highest BCUT2D eigenvalue weighted by molar-refractivity contribution is 6.39. The van der Waals surface area contributed by atoms with Crippen molar-refractivity contribution in [2.45, 2.75) is 6.92 Å². The van der Waals surface area contributed by atoms with Crippen LogP contribution in [-0.4, -0.2) is 24.6 Å². The van der Waals surface area contributed by atoms with Crippen molar-refractivity contribution in [2.24, 2.45) is 5.10 Å². The second-order valence-corrected chi connectivity index (χ2v) is 5.19. The van der Waals surface area contributed by atoms with Crippen molar-refractivity contribution < 1.29 is 14.3 Å². The maximum atomic E-state index is 11.8. The van der Waals surface area contributed by atoms with E-state index in [-0.39, 0.29) is 0 Å². The molecule has 0 atom stereocenters. The lowest BCUT2D eigenvalue weighted by molar-refractivity contribution is -0.136. The fourth-order valence-electron chi connectivity index (χ4n) is 1.85. The number of carbonyl (C=O) groups is 2. The molecule has 6 nitrogen and oxygen atoms in total. The predicted octanol–water partition coefficient (Wildman–Crippen LogP) is 2.65. The van der Waals surface area contributed by atoms with Crippen molar-refractivity contribution in [1.82, 2.24) is 5.43 Å². The number of hydrogen-bond acceptors (Lipinski definition) is 4. The van der Waals surface area contributed by atoms with Crippen LogP contribution in [0.5, 0.6) is 5.75 Å². The molecule has 6 heteroatoms. The molecular weight excluding hydrogens is 318 g/mol. The zero-order chi connectivity index (χ0) is 18.1. The molecule has 0 aromatic heterocycles. The van der Waals surface area contributed by atoms with Crippen LogP contribution < -0.4 is 15.5 Å². The molecule has 0 spiro atoms. The standard InChI is InChI=1S/C19H19N3O3/c1-3-12-25-17-10-8-16(9-11-17)21-18(23)19(24)22-20-13-15-6-4-14(2)5-7-15/h3-11,13H,1,12H2,2H3,(H,21,23)(H,22,24)/b20-13-. The van der Waals surface area contributed by atoms with Gasteiger partial charge in [0.2, 0.25) is 0 Å². The number of nitrogens with one attached hydrogen (secondary N) is 2. The quantitative estimate of drug-likeness (QED) is 0.368. The summed E-state index contributed by atoms with van der Waals surface area (Å²) >= 11 is 0. The van der Waals surface area contributed by atoms with E-state index in [2.05, 4.69) is 22.4 Å². The lowest BCUT2D eigenvalue weighted by atomic mass is 10.2. The monoisotopic (exact) mass is 337 g/mol. The van der Waals surface area contributed by atoms with Crippen LogP contribution >= 0.6 is 0 Å². The summed E-state index contributed by atoms with van der Waals surface area (Å²) in [5.41, 5.74) is 4.62. The minimum Gasteiger partial charge on any atom is -0.490 e. The highest BCUT2D eigenvalue weighted by Gasteiger charge is 2.12. The average molecular weight is 337 g/mol. The first-order valence-corrected chi connectivity index (χ1v) is 7.63. The van der Waals surface area contributed by atoms with Gasteiger partial charge in [0.05, 0.1) is 6.21 Å². The van der Waals surface area contributed by atoms with E-state index in [0.29, 0.717) is 18.0 Å². The molecule has 2 aromatic carbocycles. The number of hydrazone groups is 1. The van der Waals surface area contributed by atoms with Crippen LogP contribution in [0.3, 0.4) is 0 Å². The number of benzene rings is 2. The number of hydrogen-bond donors (Lipinski definition) is 2. The highest BCUT2D eigenvalue weighted by atomic mass is 16.5. The second-order valence-electron chi connectivity index (χ2n) is 5.19. The molecule has 2 amide bonds. The maximum Gasteiger partial charge on any atom is 0.329 e. The fraction of sp³-hybridized carbons (Fsp3) is 0.105. The summed E-state index contributed by atoms with van der Waals surface area (Å²) in [6, 6.07) is 14.2. The van der Waals surface area contributed by atoms with Crippen LogP contribution in [0.4, 0.5) is 5.69 Å². The van der Waals surface area contributed by atoms with Crippen LogP contribution in [0.25, 0.3) is 0 Å². The Morgan fingerprint density at radius 1 is 1.08 bits per heavy atom. The largest absolute Gasteiger partial charge is 0.490 e. The molecule has 0 saturated heterocycles. The summed E-state index contributed by atoms with van der Waals surface area (Å²) in [5.74, 6) is -1.01. The van der Waals surface area contributed by atoms with E-state index < -0.39 is 11.8 Å². The normalized spacial score (nSPS) is 10.3. The van der Waals surface area contributed by atoms with Crippen molar-refractivity contribution in [3.05, 3.63) is 72.3 Å². The summed E-state index contributed by atoms with van der Waals surface area (Å²) in [6.07, 6.45) is 3.10. The van der Waals surface area contributed by atoms with Crippen molar-refractivity contribution >= 4 is 23.7 Å². The Kier molecular flexibility index (Phi) is 6.47. The molecule has 25 heavy (non-hydrogen) atoms. The number of amides is 2. The number of aryl methyl sites for hydroxylation is 1. The van der Waals surface area contributed by atoms with Crippen molar-refractivity contribution in [2.75, 3.05) is 11.9 Å². The molecule has 0 bridgehead atoms. The van der Waals surface area contributed by atoms with Gasteiger partial charge in [-0.2, -0.15) is 5.10 Å². The Bertz CT molecular complexity index is 766. The van der Waals surface area contributed by atoms with Crippen LogP contribution in [0.2, 0.25) is 0 Å². The highest BCUT2D eigenvalue weighted by Crippen LogP contribution is 2.15. The summed E-state index contributed by atoms with van der Waals surface area (Å²) in [7, 11) is 0. The molecule has 0 radical (unpaired) electrons. The molecular formula is C19H19N3O3. The Morgan fingerprint density at radius 3 is 2.40 bits per heavy atom. The lowest BCUT2D eigenvalue weighted by Gasteiger charge is -2.06. The van der Waals surface area contributed by atoms with Crippen molar-refractivity contribution in [3.8, 4) is 5.75 Å². The molecule has 0 aliphatic carbocycles. The van der Waals surface area contributed by atoms with Gasteiger partial charge in [-0.3, -0.25) is 9.59 Å². The molecule has 0 aliphatic rings. The molecule has 128 valence electrons. The Labute approximate surface area is 146 Å². The van der Waals surface area contributed by atoms with Gasteiger partial charge < -0.3 is 10.1 Å². The molecule has 0 aliphatic heterocycles. The first-order valence-electron chi connectivity index (χ1n) is 7.63. The predicted molar refractivity (Wildman–Crippen MR) is 97.7 cm³/mol. The molecule has 2 N–H and O–H groups in total. The molecule has 0 fully saturated rings. The minimum atomic E-state index is -0.852. The van der Waals surface area contributed by atoms with Gasteiger partial charge in [-0.25, -0.2) is 5.43 Å². The smallest absolute Gasteiger partial charge is 0.329 e. The Balaban J connectivity index is 1.84. The van der Waals surface area contributed by atoms with E-state index in [1.54, 1.807) is 30.3 Å². The zero-order valence-corrected chi connectivity index (χ0v) is 13.9. The van der Waals surface area contributed by atoms with Gasteiger partial charge in [0, 0.05) is 5.69 Å². The summed E-state index contributed by atoms with van der Waals surface area (Å²) in [4.78, 5) is 23.5. The van der Waals surface area contributed by atoms with Gasteiger partial charge in [-0.15, -0.1) is 0 Å². The van der Waals surface area contributed by atoms with Gasteiger partial charge in [0.15, 0.2) is 0 Å². The van der Waals surface area contributed by atoms with E-state index in [1.165, 1.54) is 6.21 Å². The summed E-state index contributed by atoms with van der Waals surface area (Å²) < 4.78 is 5.34. The fourth-order valence-corrected chi connectivity index (χ4v) is 1.85. The summed E-state index contributed by atoms with van der Waals surface area (Å²) in [5, 5.41) is 6.25. The third-order valence-corrected chi connectivity index (χ3v) is 3.14. The number of anilines is 1. The number of rotatable bonds is 6. The first kappa shape index (κ1) is 17.9. The van der Waals surface area contributed by atoms with Crippen molar-refractivity contribution in [1.29, 1.82) is 0 Å². The molecule has 0 unspecified atom stereocenters. The van der Waals surface area contributed by atoms with Crippen LogP contribution in [0, 0.1) is 6.92 Å². The molecule has 2 rings (SSSR count). The van der Waals surface area contributed by atoms with E-state index in [0.717, 1.165) is 11.1 Å². The second kappa shape index (κ2) is 9.02. The van der Waals surface area contributed by atoms with Crippen molar-refractivity contribution in [3.63, 3.8) is 0 Å². The summed E-state index contributed by atoms with van der Waals surface area (Å²) in [6.45, 7) is 5.94. The first-order chi connectivity index (χ1) is 12.1. The molecule has 0 saturated carbocycles. The van der Waals surface area contributed by atoms with Gasteiger partial charge in [-0.1, -0.05) is 42.5 Å². The van der Waals surface area contributed by atoms with E-state index in [9.17, 15) is 9.59 Å². The lowest BCUT2D eigenvalue weighted by Crippen LogP contribution is -2.32. The van der Waals surface area contributed by atoms with Crippen LogP contribution in [-0.2, 0) is 9.59 Å².